The van der Waals surface area contributed by atoms with E-state index in [4.69, 9.17) is 4.74 Å². The van der Waals surface area contributed by atoms with Crippen LogP contribution >= 0.6 is 15.9 Å². The summed E-state index contributed by atoms with van der Waals surface area (Å²) in [6.45, 7) is 3.49. The predicted molar refractivity (Wildman–Crippen MR) is 120 cm³/mol. The van der Waals surface area contributed by atoms with Crippen molar-refractivity contribution in [1.29, 1.82) is 0 Å². The van der Waals surface area contributed by atoms with Crippen LogP contribution in [-0.4, -0.2) is 35.8 Å². The third kappa shape index (κ3) is 6.30. The first-order valence-corrected chi connectivity index (χ1v) is 11.1. The van der Waals surface area contributed by atoms with Crippen LogP contribution < -0.4 is 15.6 Å². The van der Waals surface area contributed by atoms with Crippen molar-refractivity contribution in [1.82, 2.24) is 15.8 Å². The summed E-state index contributed by atoms with van der Waals surface area (Å²) in [5.41, 5.74) is 6.25. The molecular weight excluding hydrogens is 462 g/mol. The zero-order valence-electron chi connectivity index (χ0n) is 17.4. The van der Waals surface area contributed by atoms with Crippen LogP contribution in [0.1, 0.15) is 42.1 Å². The highest BCUT2D eigenvalue weighted by molar-refractivity contribution is 9.10. The lowest BCUT2D eigenvalue weighted by Crippen LogP contribution is -2.45. The van der Waals surface area contributed by atoms with E-state index in [9.17, 15) is 14.4 Å². The van der Waals surface area contributed by atoms with Gasteiger partial charge in [-0.1, -0.05) is 43.7 Å². The van der Waals surface area contributed by atoms with Gasteiger partial charge in [-0.05, 0) is 46.1 Å². The van der Waals surface area contributed by atoms with Crippen molar-refractivity contribution in [2.75, 3.05) is 13.2 Å². The highest BCUT2D eigenvalue weighted by Crippen LogP contribution is 2.26. The third-order valence-corrected chi connectivity index (χ3v) is 5.67. The number of nitrogens with one attached hydrogen (secondary N) is 2. The zero-order chi connectivity index (χ0) is 22.2. The Morgan fingerprint density at radius 3 is 2.65 bits per heavy atom. The van der Waals surface area contributed by atoms with E-state index in [0.717, 1.165) is 18.4 Å². The van der Waals surface area contributed by atoms with Gasteiger partial charge in [0.15, 0.2) is 0 Å². The monoisotopic (exact) mass is 487 g/mol. The van der Waals surface area contributed by atoms with E-state index < -0.39 is 11.8 Å². The number of amides is 3. The molecule has 31 heavy (non-hydrogen) atoms. The molecule has 0 aliphatic carbocycles. The van der Waals surface area contributed by atoms with Crippen LogP contribution in [0.15, 0.2) is 53.0 Å². The number of carbonyl (C=O) groups is 3. The maximum Gasteiger partial charge on any atom is 0.269 e. The largest absolute Gasteiger partial charge is 0.492 e. The Kier molecular flexibility index (Phi) is 8.06. The highest BCUT2D eigenvalue weighted by Gasteiger charge is 2.34. The molecule has 1 atom stereocenters. The second kappa shape index (κ2) is 10.9. The van der Waals surface area contributed by atoms with Gasteiger partial charge in [0, 0.05) is 25.1 Å². The normalized spacial score (nSPS) is 15.6. The smallest absolute Gasteiger partial charge is 0.269 e. The summed E-state index contributed by atoms with van der Waals surface area (Å²) in [6.07, 6.45) is 2.12. The Labute approximate surface area is 190 Å². The number of ether oxygens (including phenoxy) is 1. The SMILES string of the molecule is CCCCOc1ccc(C(=O)NNC(=O)C2CC(=O)N(Cc3ccccc3)C2)cc1Br. The van der Waals surface area contributed by atoms with Gasteiger partial charge in [0.05, 0.1) is 17.0 Å². The van der Waals surface area contributed by atoms with Gasteiger partial charge in [0.1, 0.15) is 5.75 Å². The lowest BCUT2D eigenvalue weighted by molar-refractivity contribution is -0.129. The van der Waals surface area contributed by atoms with Gasteiger partial charge in [0.25, 0.3) is 5.91 Å². The molecular formula is C23H26BrN3O4. The van der Waals surface area contributed by atoms with E-state index in [1.807, 2.05) is 30.3 Å². The van der Waals surface area contributed by atoms with Crippen LogP contribution in [0.2, 0.25) is 0 Å². The summed E-state index contributed by atoms with van der Waals surface area (Å²) >= 11 is 3.41. The fourth-order valence-corrected chi connectivity index (χ4v) is 3.78. The highest BCUT2D eigenvalue weighted by atomic mass is 79.9. The molecule has 164 valence electrons. The molecule has 7 nitrogen and oxygen atoms in total. The first-order valence-electron chi connectivity index (χ1n) is 10.3. The molecule has 1 saturated heterocycles. The number of nitrogens with zero attached hydrogens (tertiary/aromatic N) is 1. The van der Waals surface area contributed by atoms with E-state index in [1.54, 1.807) is 23.1 Å². The molecule has 2 aromatic rings. The minimum absolute atomic E-state index is 0.0714. The van der Waals surface area contributed by atoms with Gasteiger partial charge in [-0.3, -0.25) is 25.2 Å². The summed E-state index contributed by atoms with van der Waals surface area (Å²) in [5, 5.41) is 0. The van der Waals surface area contributed by atoms with E-state index in [-0.39, 0.29) is 18.2 Å². The van der Waals surface area contributed by atoms with E-state index >= 15 is 0 Å². The fraction of sp³-hybridized carbons (Fsp3) is 0.348. The molecule has 1 unspecified atom stereocenters. The number of hydrogen-bond acceptors (Lipinski definition) is 4. The van der Waals surface area contributed by atoms with Gasteiger partial charge in [0.2, 0.25) is 11.8 Å². The van der Waals surface area contributed by atoms with Crippen molar-refractivity contribution in [2.45, 2.75) is 32.7 Å². The van der Waals surface area contributed by atoms with Crippen LogP contribution in [0, 0.1) is 5.92 Å². The average Bonchev–Trinajstić information content (AvgIpc) is 3.14. The second-order valence-corrected chi connectivity index (χ2v) is 8.31. The third-order valence-electron chi connectivity index (χ3n) is 5.05. The summed E-state index contributed by atoms with van der Waals surface area (Å²) in [4.78, 5) is 38.8. The summed E-state index contributed by atoms with van der Waals surface area (Å²) in [7, 11) is 0. The number of hydrogen-bond donors (Lipinski definition) is 2. The topological polar surface area (TPSA) is 87.7 Å². The molecule has 0 spiro atoms. The Morgan fingerprint density at radius 2 is 1.94 bits per heavy atom. The van der Waals surface area contributed by atoms with Crippen molar-refractivity contribution in [3.8, 4) is 5.75 Å². The molecule has 2 aromatic carbocycles. The lowest BCUT2D eigenvalue weighted by Gasteiger charge is -2.17. The van der Waals surface area contributed by atoms with Crippen molar-refractivity contribution >= 4 is 33.7 Å². The van der Waals surface area contributed by atoms with Crippen LogP contribution in [-0.2, 0) is 16.1 Å². The number of unbranched alkanes of at least 4 members (excludes halogenated alkanes) is 1. The minimum atomic E-state index is -0.502. The van der Waals surface area contributed by atoms with Gasteiger partial charge in [-0.25, -0.2) is 0 Å². The second-order valence-electron chi connectivity index (χ2n) is 7.45. The first kappa shape index (κ1) is 22.8. The quantitative estimate of drug-likeness (QED) is 0.440. The summed E-state index contributed by atoms with van der Waals surface area (Å²) in [6, 6.07) is 14.6. The summed E-state index contributed by atoms with van der Waals surface area (Å²) < 4.78 is 6.32. The van der Waals surface area contributed by atoms with Gasteiger partial charge < -0.3 is 9.64 Å². The molecule has 0 radical (unpaired) electrons. The summed E-state index contributed by atoms with van der Waals surface area (Å²) in [5.74, 6) is -0.733. The maximum absolute atomic E-state index is 12.5. The predicted octanol–water partition coefficient (Wildman–Crippen LogP) is 3.44. The van der Waals surface area contributed by atoms with Crippen LogP contribution in [0.25, 0.3) is 0 Å². The molecule has 1 aliphatic heterocycles. The molecule has 2 N–H and O–H groups in total. The molecule has 1 fully saturated rings. The Bertz CT molecular complexity index is 936. The van der Waals surface area contributed by atoms with Crippen molar-refractivity contribution < 1.29 is 19.1 Å². The number of hydrazine groups is 1. The van der Waals surface area contributed by atoms with Gasteiger partial charge in [-0.15, -0.1) is 0 Å². The fourth-order valence-electron chi connectivity index (χ4n) is 3.28. The molecule has 1 heterocycles. The Balaban J connectivity index is 1.49. The van der Waals surface area contributed by atoms with E-state index in [0.29, 0.717) is 35.5 Å². The molecule has 0 saturated carbocycles. The van der Waals surface area contributed by atoms with Crippen molar-refractivity contribution in [3.05, 3.63) is 64.1 Å². The number of benzene rings is 2. The number of rotatable bonds is 8. The number of halogens is 1. The minimum Gasteiger partial charge on any atom is -0.492 e. The van der Waals surface area contributed by atoms with Crippen LogP contribution in [0.5, 0.6) is 5.75 Å². The van der Waals surface area contributed by atoms with Crippen LogP contribution in [0.3, 0.4) is 0 Å². The maximum atomic E-state index is 12.5. The number of carbonyl (C=O) groups excluding carboxylic acids is 3. The molecule has 3 amide bonds. The molecule has 3 rings (SSSR count). The van der Waals surface area contributed by atoms with Crippen molar-refractivity contribution in [3.63, 3.8) is 0 Å². The average molecular weight is 488 g/mol. The molecule has 0 bridgehead atoms. The van der Waals surface area contributed by atoms with E-state index in [1.165, 1.54) is 0 Å². The standard InChI is InChI=1S/C23H26BrN3O4/c1-2-3-11-31-20-10-9-17(12-19(20)24)22(29)25-26-23(30)18-13-21(28)27(15-18)14-16-7-5-4-6-8-16/h4-10,12,18H,2-3,11,13-15H2,1H3,(H,25,29)(H,26,30). The van der Waals surface area contributed by atoms with Crippen LogP contribution in [0.4, 0.5) is 0 Å². The first-order chi connectivity index (χ1) is 15.0. The lowest BCUT2D eigenvalue weighted by atomic mass is 10.1. The van der Waals surface area contributed by atoms with Gasteiger partial charge in [-0.2, -0.15) is 0 Å². The molecule has 8 heteroatoms. The van der Waals surface area contributed by atoms with Crippen molar-refractivity contribution in [2.24, 2.45) is 5.92 Å². The van der Waals surface area contributed by atoms with Gasteiger partial charge >= 0.3 is 0 Å². The van der Waals surface area contributed by atoms with E-state index in [2.05, 4.69) is 33.7 Å². The Hall–Kier alpha value is -2.87. The Morgan fingerprint density at radius 1 is 1.16 bits per heavy atom. The zero-order valence-corrected chi connectivity index (χ0v) is 19.0. The molecule has 1 aliphatic rings. The number of likely N-dealkylation sites (tertiary alicyclic amines) is 1. The molecule has 0 aromatic heterocycles.